The van der Waals surface area contributed by atoms with Gasteiger partial charge in [0.25, 0.3) is 0 Å². The Labute approximate surface area is 99.0 Å². The average Bonchev–Trinajstić information content (AvgIpc) is 2.28. The van der Waals surface area contributed by atoms with Gasteiger partial charge >= 0.3 is 5.63 Å². The molecule has 0 aliphatic carbocycles. The van der Waals surface area contributed by atoms with Crippen LogP contribution in [0.1, 0.15) is 19.8 Å². The molecule has 0 unspecified atom stereocenters. The SMILES string of the molecule is CCCCOc1ccc2c(N)cc(=O)oc2c1. The Morgan fingerprint density at radius 1 is 1.35 bits per heavy atom. The van der Waals surface area contributed by atoms with E-state index in [0.717, 1.165) is 18.2 Å². The van der Waals surface area contributed by atoms with Crippen molar-refractivity contribution in [3.63, 3.8) is 0 Å². The van der Waals surface area contributed by atoms with E-state index >= 15 is 0 Å². The number of nitrogens with two attached hydrogens (primary N) is 1. The number of nitrogen functional groups attached to an aromatic ring is 1. The fraction of sp³-hybridized carbons (Fsp3) is 0.308. The van der Waals surface area contributed by atoms with Crippen molar-refractivity contribution >= 4 is 16.7 Å². The molecule has 0 atom stereocenters. The molecule has 4 heteroatoms. The molecular weight excluding hydrogens is 218 g/mol. The standard InChI is InChI=1S/C13H15NO3/c1-2-3-6-16-9-4-5-10-11(14)8-13(15)17-12(10)7-9/h4-5,7-8H,2-3,6,14H2,1H3. The lowest BCUT2D eigenvalue weighted by molar-refractivity contribution is 0.309. The van der Waals surface area contributed by atoms with Gasteiger partial charge in [-0.1, -0.05) is 13.3 Å². The van der Waals surface area contributed by atoms with Crippen molar-refractivity contribution in [1.82, 2.24) is 0 Å². The molecule has 1 heterocycles. The van der Waals surface area contributed by atoms with Crippen LogP contribution in [0.2, 0.25) is 0 Å². The van der Waals surface area contributed by atoms with E-state index < -0.39 is 5.63 Å². The van der Waals surface area contributed by atoms with Gasteiger partial charge in [-0.3, -0.25) is 0 Å². The molecule has 17 heavy (non-hydrogen) atoms. The number of hydrogen-bond donors (Lipinski definition) is 1. The Morgan fingerprint density at radius 3 is 2.94 bits per heavy atom. The number of hydrogen-bond acceptors (Lipinski definition) is 4. The summed E-state index contributed by atoms with van der Waals surface area (Å²) in [5, 5.41) is 0.729. The number of rotatable bonds is 4. The van der Waals surface area contributed by atoms with Gasteiger partial charge in [0.15, 0.2) is 0 Å². The van der Waals surface area contributed by atoms with Crippen LogP contribution in [0.25, 0.3) is 11.0 Å². The van der Waals surface area contributed by atoms with E-state index in [0.29, 0.717) is 23.6 Å². The van der Waals surface area contributed by atoms with Crippen molar-refractivity contribution in [2.45, 2.75) is 19.8 Å². The third-order valence-electron chi connectivity index (χ3n) is 2.51. The number of ether oxygens (including phenoxy) is 1. The summed E-state index contributed by atoms with van der Waals surface area (Å²) < 4.78 is 10.6. The first-order chi connectivity index (χ1) is 8.20. The van der Waals surface area contributed by atoms with E-state index in [9.17, 15) is 4.79 Å². The van der Waals surface area contributed by atoms with Crippen molar-refractivity contribution in [2.24, 2.45) is 0 Å². The Balaban J connectivity index is 2.33. The van der Waals surface area contributed by atoms with Gasteiger partial charge in [-0.25, -0.2) is 4.79 Å². The van der Waals surface area contributed by atoms with Gasteiger partial charge < -0.3 is 14.9 Å². The maximum Gasteiger partial charge on any atom is 0.338 e. The summed E-state index contributed by atoms with van der Waals surface area (Å²) in [6.45, 7) is 2.76. The Hall–Kier alpha value is -1.97. The van der Waals surface area contributed by atoms with Crippen molar-refractivity contribution < 1.29 is 9.15 Å². The molecule has 4 nitrogen and oxygen atoms in total. The zero-order valence-electron chi connectivity index (χ0n) is 9.73. The van der Waals surface area contributed by atoms with Crippen LogP contribution in [-0.4, -0.2) is 6.61 Å². The highest BCUT2D eigenvalue weighted by Crippen LogP contribution is 2.23. The maximum absolute atomic E-state index is 11.2. The molecule has 1 aromatic carbocycles. The molecule has 0 spiro atoms. The third-order valence-corrected chi connectivity index (χ3v) is 2.51. The second-order valence-electron chi connectivity index (χ2n) is 3.88. The molecule has 0 aliphatic heterocycles. The first-order valence-electron chi connectivity index (χ1n) is 5.67. The van der Waals surface area contributed by atoms with Crippen molar-refractivity contribution in [3.05, 3.63) is 34.7 Å². The molecule has 0 fully saturated rings. The Morgan fingerprint density at radius 2 is 2.18 bits per heavy atom. The largest absolute Gasteiger partial charge is 0.493 e. The van der Waals surface area contributed by atoms with E-state index in [1.165, 1.54) is 6.07 Å². The average molecular weight is 233 g/mol. The van der Waals surface area contributed by atoms with Crippen LogP contribution in [0.3, 0.4) is 0 Å². The summed E-state index contributed by atoms with van der Waals surface area (Å²) in [5.41, 5.74) is 6.17. The van der Waals surface area contributed by atoms with Gasteiger partial charge in [0.1, 0.15) is 11.3 Å². The second kappa shape index (κ2) is 4.91. The molecule has 0 saturated heterocycles. The predicted molar refractivity (Wildman–Crippen MR) is 67.3 cm³/mol. The smallest absolute Gasteiger partial charge is 0.338 e. The van der Waals surface area contributed by atoms with Crippen LogP contribution >= 0.6 is 0 Å². The molecule has 2 rings (SSSR count). The van der Waals surface area contributed by atoms with Crippen LogP contribution in [0.4, 0.5) is 5.69 Å². The van der Waals surface area contributed by atoms with Crippen molar-refractivity contribution in [3.8, 4) is 5.75 Å². The molecule has 2 N–H and O–H groups in total. The van der Waals surface area contributed by atoms with E-state index in [1.807, 2.05) is 6.07 Å². The van der Waals surface area contributed by atoms with Crippen LogP contribution in [0.15, 0.2) is 33.5 Å². The molecule has 90 valence electrons. The Kier molecular flexibility index (Phi) is 3.32. The summed E-state index contributed by atoms with van der Waals surface area (Å²) in [6, 6.07) is 6.60. The van der Waals surface area contributed by atoms with Gasteiger partial charge in [-0.05, 0) is 18.6 Å². The van der Waals surface area contributed by atoms with Gasteiger partial charge in [0, 0.05) is 23.2 Å². The number of fused-ring (bicyclic) bond motifs is 1. The summed E-state index contributed by atoms with van der Waals surface area (Å²) in [5.74, 6) is 0.694. The number of unbranched alkanes of at least 4 members (excludes halogenated alkanes) is 1. The molecule has 0 radical (unpaired) electrons. The molecule has 0 saturated carbocycles. The third kappa shape index (κ3) is 2.58. The van der Waals surface area contributed by atoms with Crippen molar-refractivity contribution in [2.75, 3.05) is 12.3 Å². The normalized spacial score (nSPS) is 10.6. The molecule has 1 aromatic heterocycles. The maximum atomic E-state index is 11.2. The lowest BCUT2D eigenvalue weighted by atomic mass is 10.2. The minimum absolute atomic E-state index is 0.427. The van der Waals surface area contributed by atoms with E-state index in [-0.39, 0.29) is 0 Å². The quantitative estimate of drug-likeness (QED) is 0.651. The number of benzene rings is 1. The van der Waals surface area contributed by atoms with E-state index in [1.54, 1.807) is 12.1 Å². The monoisotopic (exact) mass is 233 g/mol. The minimum atomic E-state index is -0.444. The molecule has 2 aromatic rings. The highest BCUT2D eigenvalue weighted by molar-refractivity contribution is 5.89. The van der Waals surface area contributed by atoms with E-state index in [2.05, 4.69) is 6.92 Å². The minimum Gasteiger partial charge on any atom is -0.493 e. The zero-order valence-corrected chi connectivity index (χ0v) is 9.73. The predicted octanol–water partition coefficient (Wildman–Crippen LogP) is 2.55. The molecule has 0 aliphatic rings. The zero-order chi connectivity index (χ0) is 12.3. The summed E-state index contributed by atoms with van der Waals surface area (Å²) >= 11 is 0. The van der Waals surface area contributed by atoms with Crippen LogP contribution in [-0.2, 0) is 0 Å². The van der Waals surface area contributed by atoms with Crippen LogP contribution in [0, 0.1) is 0 Å². The van der Waals surface area contributed by atoms with E-state index in [4.69, 9.17) is 14.9 Å². The first-order valence-corrected chi connectivity index (χ1v) is 5.67. The Bertz CT molecular complexity index is 574. The lowest BCUT2D eigenvalue weighted by Crippen LogP contribution is -2.01. The summed E-state index contributed by atoms with van der Waals surface area (Å²) in [4.78, 5) is 11.2. The summed E-state index contributed by atoms with van der Waals surface area (Å²) in [6.07, 6.45) is 2.08. The molecule has 0 bridgehead atoms. The molecular formula is C13H15NO3. The first kappa shape index (κ1) is 11.5. The van der Waals surface area contributed by atoms with Gasteiger partial charge in [-0.15, -0.1) is 0 Å². The van der Waals surface area contributed by atoms with Crippen LogP contribution in [0.5, 0.6) is 5.75 Å². The lowest BCUT2D eigenvalue weighted by Gasteiger charge is -2.06. The van der Waals surface area contributed by atoms with Gasteiger partial charge in [0.2, 0.25) is 0 Å². The van der Waals surface area contributed by atoms with Crippen molar-refractivity contribution in [1.29, 1.82) is 0 Å². The number of anilines is 1. The van der Waals surface area contributed by atoms with Crippen LogP contribution < -0.4 is 16.1 Å². The highest BCUT2D eigenvalue weighted by Gasteiger charge is 2.04. The topological polar surface area (TPSA) is 65.5 Å². The van der Waals surface area contributed by atoms with Gasteiger partial charge in [-0.2, -0.15) is 0 Å². The summed E-state index contributed by atoms with van der Waals surface area (Å²) in [7, 11) is 0. The highest BCUT2D eigenvalue weighted by atomic mass is 16.5. The second-order valence-corrected chi connectivity index (χ2v) is 3.88. The fourth-order valence-corrected chi connectivity index (χ4v) is 1.59. The van der Waals surface area contributed by atoms with Gasteiger partial charge in [0.05, 0.1) is 6.61 Å². The molecule has 0 amide bonds. The fourth-order valence-electron chi connectivity index (χ4n) is 1.59.